The van der Waals surface area contributed by atoms with Gasteiger partial charge in [-0.15, -0.1) is 23.2 Å². The second-order valence-electron chi connectivity index (χ2n) is 12.3. The van der Waals surface area contributed by atoms with Crippen LogP contribution in [0.15, 0.2) is 54.1 Å². The summed E-state index contributed by atoms with van der Waals surface area (Å²) in [6.45, 7) is 4.83. The summed E-state index contributed by atoms with van der Waals surface area (Å²) in [5.74, 6) is -5.38. The Morgan fingerprint density at radius 1 is 0.956 bits per heavy atom. The number of rotatable bonds is 5. The Kier molecular flexibility index (Phi) is 7.18. The minimum Gasteiger partial charge on any atom is -0.504 e. The van der Waals surface area contributed by atoms with Crippen molar-refractivity contribution in [1.82, 2.24) is 4.90 Å². The molecule has 2 aliphatic carbocycles. The summed E-state index contributed by atoms with van der Waals surface area (Å²) in [6, 6.07) is 12.2. The molecule has 2 aromatic carbocycles. The number of benzene rings is 2. The summed E-state index contributed by atoms with van der Waals surface area (Å²) < 4.78 is 11.1. The largest absolute Gasteiger partial charge is 0.504 e. The summed E-state index contributed by atoms with van der Waals surface area (Å²) in [6.07, 6.45) is 1.95. The molecule has 4 fully saturated rings. The number of fused-ring (bicyclic) bond motifs is 4. The zero-order chi connectivity index (χ0) is 31.8. The summed E-state index contributed by atoms with van der Waals surface area (Å²) in [7, 11) is 1.33. The molecule has 3 heterocycles. The van der Waals surface area contributed by atoms with Gasteiger partial charge >= 0.3 is 0 Å². The van der Waals surface area contributed by atoms with Gasteiger partial charge in [0, 0.05) is 37.3 Å². The van der Waals surface area contributed by atoms with Gasteiger partial charge in [-0.1, -0.05) is 23.8 Å². The Morgan fingerprint density at radius 2 is 1.64 bits per heavy atom. The summed E-state index contributed by atoms with van der Waals surface area (Å²) in [5, 5.41) is 11.4. The number of allylic oxidation sites excluding steroid dienone is 2. The lowest BCUT2D eigenvalue weighted by Gasteiger charge is -2.50. The van der Waals surface area contributed by atoms with Crippen molar-refractivity contribution < 1.29 is 33.8 Å². The standard InChI is InChI=1S/C33H33Cl2N3O7/c1-3-45-24-6-4-5-22(27(24)39)26-20-11-12-21-25(23(20)17-32(34)30(42)36(2)31(43)33(26,32)35)29(41)38(28(21)40)19-9-7-18(8-10-19)37-13-15-44-16-14-37/h4-11,21,23,25-26,39H,3,12-17H2,1-2H3/t21-,23+,25-,26+,32+,33-/m0/s1. The van der Waals surface area contributed by atoms with Gasteiger partial charge in [0.2, 0.25) is 11.8 Å². The highest BCUT2D eigenvalue weighted by atomic mass is 35.5. The smallest absolute Gasteiger partial charge is 0.253 e. The minimum absolute atomic E-state index is 0.120. The van der Waals surface area contributed by atoms with Crippen molar-refractivity contribution >= 4 is 58.2 Å². The van der Waals surface area contributed by atoms with Crippen LogP contribution in [0.25, 0.3) is 0 Å². The maximum absolute atomic E-state index is 14.3. The highest BCUT2D eigenvalue weighted by Gasteiger charge is 2.76. The molecule has 0 radical (unpaired) electrons. The number of carbonyl (C=O) groups excluding carboxylic acids is 4. The van der Waals surface area contributed by atoms with Crippen LogP contribution in [0.5, 0.6) is 11.5 Å². The third kappa shape index (κ3) is 4.11. The lowest BCUT2D eigenvalue weighted by Crippen LogP contribution is -2.60. The average Bonchev–Trinajstić information content (AvgIpc) is 3.37. The molecule has 3 saturated heterocycles. The van der Waals surface area contributed by atoms with Crippen molar-refractivity contribution in [1.29, 1.82) is 0 Å². The topological polar surface area (TPSA) is 117 Å². The molecule has 2 aromatic rings. The molecule has 0 unspecified atom stereocenters. The van der Waals surface area contributed by atoms with E-state index in [9.17, 15) is 24.3 Å². The van der Waals surface area contributed by atoms with Crippen molar-refractivity contribution in [2.24, 2.45) is 17.8 Å². The van der Waals surface area contributed by atoms with Crippen LogP contribution in [0.3, 0.4) is 0 Å². The molecule has 0 aromatic heterocycles. The van der Waals surface area contributed by atoms with Gasteiger partial charge in [0.25, 0.3) is 11.8 Å². The summed E-state index contributed by atoms with van der Waals surface area (Å²) >= 11 is 14.5. The van der Waals surface area contributed by atoms with Crippen LogP contribution in [-0.2, 0) is 23.9 Å². The van der Waals surface area contributed by atoms with Gasteiger partial charge in [-0.05, 0) is 56.0 Å². The number of aromatic hydroxyl groups is 1. The van der Waals surface area contributed by atoms with Gasteiger partial charge in [-0.3, -0.25) is 29.0 Å². The number of ether oxygens (including phenoxy) is 2. The Hall–Kier alpha value is -3.60. The van der Waals surface area contributed by atoms with Gasteiger partial charge in [0.1, 0.15) is 0 Å². The number of para-hydroxylation sites is 1. The molecule has 1 N–H and O–H groups in total. The Labute approximate surface area is 270 Å². The lowest BCUT2D eigenvalue weighted by atomic mass is 9.56. The fourth-order valence-electron chi connectivity index (χ4n) is 8.02. The van der Waals surface area contributed by atoms with Crippen LogP contribution in [-0.4, -0.2) is 83.3 Å². The molecule has 4 amide bonds. The molecule has 0 bridgehead atoms. The van der Waals surface area contributed by atoms with Gasteiger partial charge in [-0.25, -0.2) is 0 Å². The summed E-state index contributed by atoms with van der Waals surface area (Å²) in [4.78, 5) is 56.0. The average molecular weight is 655 g/mol. The minimum atomic E-state index is -1.99. The van der Waals surface area contributed by atoms with Crippen LogP contribution >= 0.6 is 23.2 Å². The molecule has 10 nitrogen and oxygen atoms in total. The van der Waals surface area contributed by atoms with Crippen molar-refractivity contribution in [2.75, 3.05) is 49.8 Å². The number of likely N-dealkylation sites (tertiary alicyclic amines) is 1. The SMILES string of the molecule is CCOc1cccc([C@H]2C3=CC[C@@H]4C(=O)N(c5ccc(N6CCOCC6)cc5)C(=O)[C@@H]4[C@@H]3C[C@@]3(Cl)C(=O)N(C)C(=O)[C@@]23Cl)c1O. The van der Waals surface area contributed by atoms with Crippen molar-refractivity contribution in [3.05, 3.63) is 59.7 Å². The first-order chi connectivity index (χ1) is 21.5. The molecule has 0 spiro atoms. The van der Waals surface area contributed by atoms with E-state index in [0.717, 1.165) is 23.7 Å². The van der Waals surface area contributed by atoms with Crippen LogP contribution in [0.1, 0.15) is 31.2 Å². The second kappa shape index (κ2) is 10.7. The van der Waals surface area contributed by atoms with Crippen molar-refractivity contribution in [3.63, 3.8) is 0 Å². The van der Waals surface area contributed by atoms with Crippen LogP contribution < -0.4 is 14.5 Å². The van der Waals surface area contributed by atoms with E-state index in [1.54, 1.807) is 37.3 Å². The molecule has 5 aliphatic rings. The van der Waals surface area contributed by atoms with E-state index in [0.29, 0.717) is 24.5 Å². The number of hydrogen-bond acceptors (Lipinski definition) is 8. The van der Waals surface area contributed by atoms with Gasteiger partial charge in [0.05, 0.1) is 37.3 Å². The molecule has 1 saturated carbocycles. The van der Waals surface area contributed by atoms with Crippen molar-refractivity contribution in [3.8, 4) is 11.5 Å². The first-order valence-electron chi connectivity index (χ1n) is 15.2. The molecule has 236 valence electrons. The number of hydrogen-bond donors (Lipinski definition) is 1. The van der Waals surface area contributed by atoms with E-state index < -0.39 is 51.1 Å². The van der Waals surface area contributed by atoms with Gasteiger partial charge < -0.3 is 19.5 Å². The van der Waals surface area contributed by atoms with E-state index in [1.807, 2.05) is 18.2 Å². The molecule has 7 rings (SSSR count). The Morgan fingerprint density at radius 3 is 2.33 bits per heavy atom. The van der Waals surface area contributed by atoms with E-state index >= 15 is 0 Å². The van der Waals surface area contributed by atoms with Crippen LogP contribution in [0.2, 0.25) is 0 Å². The Balaban J connectivity index is 1.30. The van der Waals surface area contributed by atoms with E-state index in [2.05, 4.69) is 4.90 Å². The first-order valence-corrected chi connectivity index (χ1v) is 16.0. The third-order valence-electron chi connectivity index (χ3n) is 10.1. The molecular formula is C33H33Cl2N3O7. The number of alkyl halides is 2. The number of carbonyl (C=O) groups is 4. The number of phenols is 1. The number of imide groups is 2. The van der Waals surface area contributed by atoms with E-state index in [-0.39, 0.29) is 42.4 Å². The maximum Gasteiger partial charge on any atom is 0.253 e. The number of phenolic OH excluding ortho intramolecular Hbond substituents is 1. The highest BCUT2D eigenvalue weighted by Crippen LogP contribution is 2.66. The predicted octanol–water partition coefficient (Wildman–Crippen LogP) is 3.82. The van der Waals surface area contributed by atoms with Crippen molar-refractivity contribution in [2.45, 2.75) is 35.4 Å². The molecular weight excluding hydrogens is 621 g/mol. The predicted molar refractivity (Wildman–Crippen MR) is 167 cm³/mol. The molecule has 6 atom stereocenters. The van der Waals surface area contributed by atoms with Gasteiger partial charge in [0.15, 0.2) is 21.2 Å². The van der Waals surface area contributed by atoms with Crippen LogP contribution in [0, 0.1) is 17.8 Å². The normalized spacial score (nSPS) is 32.8. The van der Waals surface area contributed by atoms with E-state index in [1.165, 1.54) is 11.9 Å². The van der Waals surface area contributed by atoms with Crippen LogP contribution in [0.4, 0.5) is 11.4 Å². The summed E-state index contributed by atoms with van der Waals surface area (Å²) in [5.41, 5.74) is 2.31. The number of anilines is 2. The third-order valence-corrected chi connectivity index (χ3v) is 11.6. The van der Waals surface area contributed by atoms with E-state index in [4.69, 9.17) is 32.7 Å². The monoisotopic (exact) mass is 653 g/mol. The molecule has 3 aliphatic heterocycles. The molecule has 12 heteroatoms. The number of morpholine rings is 1. The Bertz CT molecular complexity index is 1640. The maximum atomic E-state index is 14.3. The highest BCUT2D eigenvalue weighted by molar-refractivity contribution is 6.53. The second-order valence-corrected chi connectivity index (χ2v) is 13.5. The fraction of sp³-hybridized carbons (Fsp3) is 0.455. The first kappa shape index (κ1) is 30.1. The zero-order valence-electron chi connectivity index (χ0n) is 24.9. The number of amides is 4. The number of halogens is 2. The fourth-order valence-corrected chi connectivity index (χ4v) is 9.03. The number of nitrogens with zero attached hydrogens (tertiary/aromatic N) is 3. The molecule has 45 heavy (non-hydrogen) atoms. The van der Waals surface area contributed by atoms with Gasteiger partial charge in [-0.2, -0.15) is 0 Å². The zero-order valence-corrected chi connectivity index (χ0v) is 26.4. The lowest BCUT2D eigenvalue weighted by molar-refractivity contribution is -0.138. The quantitative estimate of drug-likeness (QED) is 0.294.